The molecule has 4 heteroatoms. The van der Waals surface area contributed by atoms with Crippen LogP contribution in [0.3, 0.4) is 0 Å². The molecule has 1 fully saturated rings. The van der Waals surface area contributed by atoms with E-state index in [9.17, 15) is 0 Å². The zero-order chi connectivity index (χ0) is 13.7. The van der Waals surface area contributed by atoms with Crippen molar-refractivity contribution in [2.45, 2.75) is 13.0 Å². The van der Waals surface area contributed by atoms with Gasteiger partial charge in [0.15, 0.2) is 0 Å². The Hall–Kier alpha value is -1.26. The van der Waals surface area contributed by atoms with Crippen molar-refractivity contribution in [2.75, 3.05) is 40.9 Å². The quantitative estimate of drug-likeness (QED) is 0.848. The molecular formula is C15H24N2O2. The van der Waals surface area contributed by atoms with Crippen LogP contribution in [0, 0.1) is 5.92 Å². The molecule has 19 heavy (non-hydrogen) atoms. The minimum atomic E-state index is 0.775. The molecule has 4 nitrogen and oxygen atoms in total. The summed E-state index contributed by atoms with van der Waals surface area (Å²) in [6, 6.07) is 6.00. The van der Waals surface area contributed by atoms with Gasteiger partial charge in [0.1, 0.15) is 11.5 Å². The molecule has 0 aliphatic carbocycles. The largest absolute Gasteiger partial charge is 0.497 e. The first-order chi connectivity index (χ1) is 9.21. The molecule has 1 aromatic rings. The van der Waals surface area contributed by atoms with E-state index in [1.807, 2.05) is 6.07 Å². The Kier molecular flexibility index (Phi) is 5.05. The zero-order valence-corrected chi connectivity index (χ0v) is 12.1. The SMILES string of the molecule is COc1cc(CNCC2CCN(C)C2)cc(OC)c1. The molecule has 0 aromatic heterocycles. The fourth-order valence-electron chi connectivity index (χ4n) is 2.58. The number of nitrogens with zero attached hydrogens (tertiary/aromatic N) is 1. The van der Waals surface area contributed by atoms with Crippen LogP contribution in [-0.2, 0) is 6.54 Å². The highest BCUT2D eigenvalue weighted by atomic mass is 16.5. The third-order valence-electron chi connectivity index (χ3n) is 3.66. The fraction of sp³-hybridized carbons (Fsp3) is 0.600. The van der Waals surface area contributed by atoms with Crippen LogP contribution in [0.2, 0.25) is 0 Å². The van der Waals surface area contributed by atoms with Crippen LogP contribution < -0.4 is 14.8 Å². The van der Waals surface area contributed by atoms with E-state index >= 15 is 0 Å². The molecule has 106 valence electrons. The molecule has 1 saturated heterocycles. The molecule has 1 N–H and O–H groups in total. The second kappa shape index (κ2) is 6.78. The summed E-state index contributed by atoms with van der Waals surface area (Å²) in [6.07, 6.45) is 1.30. The van der Waals surface area contributed by atoms with Gasteiger partial charge in [0.2, 0.25) is 0 Å². The van der Waals surface area contributed by atoms with Crippen LogP contribution in [0.25, 0.3) is 0 Å². The number of rotatable bonds is 6. The zero-order valence-electron chi connectivity index (χ0n) is 12.1. The maximum Gasteiger partial charge on any atom is 0.122 e. The van der Waals surface area contributed by atoms with Crippen LogP contribution in [0.1, 0.15) is 12.0 Å². The van der Waals surface area contributed by atoms with Gasteiger partial charge in [0, 0.05) is 19.2 Å². The van der Waals surface area contributed by atoms with Gasteiger partial charge in [-0.25, -0.2) is 0 Å². The first-order valence-corrected chi connectivity index (χ1v) is 6.82. The summed E-state index contributed by atoms with van der Waals surface area (Å²) in [7, 11) is 5.55. The van der Waals surface area contributed by atoms with E-state index in [0.717, 1.165) is 30.5 Å². The molecule has 1 atom stereocenters. The highest BCUT2D eigenvalue weighted by molar-refractivity contribution is 5.38. The van der Waals surface area contributed by atoms with Crippen LogP contribution in [-0.4, -0.2) is 45.8 Å². The monoisotopic (exact) mass is 264 g/mol. The Balaban J connectivity index is 1.84. The summed E-state index contributed by atoms with van der Waals surface area (Å²) >= 11 is 0. The summed E-state index contributed by atoms with van der Waals surface area (Å²) in [4.78, 5) is 2.39. The molecule has 2 rings (SSSR count). The summed E-state index contributed by atoms with van der Waals surface area (Å²) in [5.74, 6) is 2.46. The molecule has 1 heterocycles. The lowest BCUT2D eigenvalue weighted by Gasteiger charge is -2.13. The van der Waals surface area contributed by atoms with E-state index in [1.54, 1.807) is 14.2 Å². The van der Waals surface area contributed by atoms with E-state index in [-0.39, 0.29) is 0 Å². The van der Waals surface area contributed by atoms with Gasteiger partial charge in [0.05, 0.1) is 14.2 Å². The van der Waals surface area contributed by atoms with Crippen LogP contribution in [0.4, 0.5) is 0 Å². The maximum atomic E-state index is 5.28. The summed E-state index contributed by atoms with van der Waals surface area (Å²) in [5, 5.41) is 3.53. The normalized spacial score (nSPS) is 19.6. The van der Waals surface area contributed by atoms with Crippen molar-refractivity contribution in [3.8, 4) is 11.5 Å². The van der Waals surface area contributed by atoms with Crippen molar-refractivity contribution in [1.82, 2.24) is 10.2 Å². The number of nitrogens with one attached hydrogen (secondary N) is 1. The van der Waals surface area contributed by atoms with Crippen molar-refractivity contribution >= 4 is 0 Å². The number of likely N-dealkylation sites (tertiary alicyclic amines) is 1. The summed E-state index contributed by atoms with van der Waals surface area (Å²) < 4.78 is 10.6. The lowest BCUT2D eigenvalue weighted by molar-refractivity contribution is 0.386. The standard InChI is InChI=1S/C15H24N2O2/c1-17-5-4-12(11-17)9-16-10-13-6-14(18-2)8-15(7-13)19-3/h6-8,12,16H,4-5,9-11H2,1-3H3. The Morgan fingerprint density at radius 2 is 1.89 bits per heavy atom. The van der Waals surface area contributed by atoms with Gasteiger partial charge in [-0.1, -0.05) is 0 Å². The van der Waals surface area contributed by atoms with Crippen molar-refractivity contribution in [1.29, 1.82) is 0 Å². The Labute approximate surface area is 115 Å². The first kappa shape index (κ1) is 14.2. The fourth-order valence-corrected chi connectivity index (χ4v) is 2.58. The van der Waals surface area contributed by atoms with E-state index < -0.39 is 0 Å². The molecule has 1 aromatic carbocycles. The molecule has 0 amide bonds. The highest BCUT2D eigenvalue weighted by Gasteiger charge is 2.18. The highest BCUT2D eigenvalue weighted by Crippen LogP contribution is 2.22. The van der Waals surface area contributed by atoms with Crippen molar-refractivity contribution in [3.63, 3.8) is 0 Å². The van der Waals surface area contributed by atoms with Crippen molar-refractivity contribution in [2.24, 2.45) is 5.92 Å². The van der Waals surface area contributed by atoms with Crippen molar-refractivity contribution < 1.29 is 9.47 Å². The molecule has 1 aliphatic heterocycles. The molecule has 1 aliphatic rings. The minimum absolute atomic E-state index is 0.775. The summed E-state index contributed by atoms with van der Waals surface area (Å²) in [6.45, 7) is 4.35. The molecule has 0 saturated carbocycles. The van der Waals surface area contributed by atoms with Gasteiger partial charge in [-0.2, -0.15) is 0 Å². The summed E-state index contributed by atoms with van der Waals surface area (Å²) in [5.41, 5.74) is 1.20. The van der Waals surface area contributed by atoms with Gasteiger partial charge in [-0.15, -0.1) is 0 Å². The Bertz CT molecular complexity index is 387. The van der Waals surface area contributed by atoms with E-state index in [2.05, 4.69) is 29.4 Å². The number of benzene rings is 1. The van der Waals surface area contributed by atoms with Crippen molar-refractivity contribution in [3.05, 3.63) is 23.8 Å². The molecular weight excluding hydrogens is 240 g/mol. The maximum absolute atomic E-state index is 5.28. The van der Waals surface area contributed by atoms with Crippen LogP contribution >= 0.6 is 0 Å². The number of hydrogen-bond donors (Lipinski definition) is 1. The Morgan fingerprint density at radius 3 is 2.42 bits per heavy atom. The third kappa shape index (κ3) is 4.11. The van der Waals surface area contributed by atoms with E-state index in [4.69, 9.17) is 9.47 Å². The van der Waals surface area contributed by atoms with Gasteiger partial charge in [0.25, 0.3) is 0 Å². The van der Waals surface area contributed by atoms with E-state index in [1.165, 1.54) is 25.1 Å². The minimum Gasteiger partial charge on any atom is -0.497 e. The smallest absolute Gasteiger partial charge is 0.122 e. The average molecular weight is 264 g/mol. The lowest BCUT2D eigenvalue weighted by Crippen LogP contribution is -2.24. The van der Waals surface area contributed by atoms with E-state index in [0.29, 0.717) is 0 Å². The predicted molar refractivity (Wildman–Crippen MR) is 76.9 cm³/mol. The third-order valence-corrected chi connectivity index (χ3v) is 3.66. The first-order valence-electron chi connectivity index (χ1n) is 6.82. The second-order valence-corrected chi connectivity index (χ2v) is 5.27. The van der Waals surface area contributed by atoms with Crippen LogP contribution in [0.5, 0.6) is 11.5 Å². The molecule has 0 radical (unpaired) electrons. The molecule has 0 bridgehead atoms. The average Bonchev–Trinajstić information content (AvgIpc) is 2.84. The van der Waals surface area contributed by atoms with Gasteiger partial charge in [-0.3, -0.25) is 0 Å². The predicted octanol–water partition coefficient (Wildman–Crippen LogP) is 1.75. The van der Waals surface area contributed by atoms with Gasteiger partial charge >= 0.3 is 0 Å². The van der Waals surface area contributed by atoms with Gasteiger partial charge < -0.3 is 19.7 Å². The molecule has 1 unspecified atom stereocenters. The topological polar surface area (TPSA) is 33.7 Å². The Morgan fingerprint density at radius 1 is 1.21 bits per heavy atom. The van der Waals surface area contributed by atoms with Crippen LogP contribution in [0.15, 0.2) is 18.2 Å². The second-order valence-electron chi connectivity index (χ2n) is 5.27. The van der Waals surface area contributed by atoms with Gasteiger partial charge in [-0.05, 0) is 50.2 Å². The number of ether oxygens (including phenoxy) is 2. The molecule has 0 spiro atoms. The number of methoxy groups -OCH3 is 2. The number of hydrogen-bond acceptors (Lipinski definition) is 4. The lowest BCUT2D eigenvalue weighted by atomic mass is 10.1.